The number of ether oxygens (including phenoxy) is 1. The number of nitrogens with zero attached hydrogens (tertiary/aromatic N) is 1. The minimum absolute atomic E-state index is 0.439. The molecule has 0 amide bonds. The second-order valence-electron chi connectivity index (χ2n) is 4.35. The van der Waals surface area contributed by atoms with Crippen molar-refractivity contribution >= 4 is 17.2 Å². The number of pyridine rings is 1. The molecule has 0 saturated heterocycles. The minimum atomic E-state index is 0.439. The van der Waals surface area contributed by atoms with E-state index in [0.29, 0.717) is 17.2 Å². The lowest BCUT2D eigenvalue weighted by atomic mass is 10.1. The maximum Gasteiger partial charge on any atom is 0.155 e. The highest BCUT2D eigenvalue weighted by molar-refractivity contribution is 5.95. The number of rotatable bonds is 3. The molecule has 0 atom stereocenters. The molecule has 0 bridgehead atoms. The summed E-state index contributed by atoms with van der Waals surface area (Å²) < 4.78 is 5.40. The summed E-state index contributed by atoms with van der Waals surface area (Å²) in [4.78, 5) is 15.9. The number of hydrogen-bond acceptors (Lipinski definition) is 3. The maximum absolute atomic E-state index is 11.3. The van der Waals surface area contributed by atoms with Crippen LogP contribution < -0.4 is 4.74 Å². The van der Waals surface area contributed by atoms with Crippen LogP contribution >= 0.6 is 0 Å². The molecule has 0 radical (unpaired) electrons. The average Bonchev–Trinajstić information content (AvgIpc) is 3.20. The Morgan fingerprint density at radius 2 is 2.12 bits per heavy atom. The van der Waals surface area contributed by atoms with E-state index in [0.717, 1.165) is 35.7 Å². The van der Waals surface area contributed by atoms with Crippen molar-refractivity contribution in [3.63, 3.8) is 0 Å². The average molecular weight is 227 g/mol. The number of hydrogen-bond donors (Lipinski definition) is 0. The molecule has 3 rings (SSSR count). The van der Waals surface area contributed by atoms with E-state index in [1.807, 2.05) is 24.3 Å². The molecule has 0 aliphatic heterocycles. The largest absolute Gasteiger partial charge is 0.495 e. The highest BCUT2D eigenvalue weighted by atomic mass is 16.5. The van der Waals surface area contributed by atoms with Crippen molar-refractivity contribution in [2.75, 3.05) is 7.11 Å². The Kier molecular flexibility index (Phi) is 2.32. The van der Waals surface area contributed by atoms with Crippen molar-refractivity contribution in [2.24, 2.45) is 0 Å². The molecule has 0 unspecified atom stereocenters. The highest BCUT2D eigenvalue weighted by Crippen LogP contribution is 2.43. The van der Waals surface area contributed by atoms with Crippen molar-refractivity contribution in [3.8, 4) is 5.75 Å². The van der Waals surface area contributed by atoms with E-state index in [4.69, 9.17) is 4.74 Å². The molecule has 1 fully saturated rings. The third kappa shape index (κ3) is 1.58. The Balaban J connectivity index is 2.36. The number of methoxy groups -OCH3 is 1. The zero-order valence-corrected chi connectivity index (χ0v) is 9.64. The van der Waals surface area contributed by atoms with Gasteiger partial charge >= 0.3 is 0 Å². The van der Waals surface area contributed by atoms with Gasteiger partial charge in [-0.05, 0) is 25.0 Å². The standard InChI is InChI=1S/C14H13NO2/c1-17-14-10-4-2-3-5-12(10)15-13(9-6-7-9)11(14)8-16/h2-5,8-9H,6-7H2,1H3. The van der Waals surface area contributed by atoms with Gasteiger partial charge in [0, 0.05) is 11.3 Å². The fraction of sp³-hybridized carbons (Fsp3) is 0.286. The number of benzene rings is 1. The first-order chi connectivity index (χ1) is 8.35. The fourth-order valence-corrected chi connectivity index (χ4v) is 2.22. The van der Waals surface area contributed by atoms with E-state index in [1.165, 1.54) is 0 Å². The van der Waals surface area contributed by atoms with Crippen LogP contribution in [0.2, 0.25) is 0 Å². The van der Waals surface area contributed by atoms with Gasteiger partial charge in [0.1, 0.15) is 5.75 Å². The van der Waals surface area contributed by atoms with Crippen LogP contribution in [0.5, 0.6) is 5.75 Å². The molecule has 1 heterocycles. The molecule has 0 spiro atoms. The summed E-state index contributed by atoms with van der Waals surface area (Å²) in [7, 11) is 1.60. The lowest BCUT2D eigenvalue weighted by molar-refractivity contribution is 0.111. The van der Waals surface area contributed by atoms with E-state index in [1.54, 1.807) is 7.11 Å². The number of aldehydes is 1. The Labute approximate surface area is 99.4 Å². The van der Waals surface area contributed by atoms with E-state index in [9.17, 15) is 4.79 Å². The monoisotopic (exact) mass is 227 g/mol. The van der Waals surface area contributed by atoms with Gasteiger partial charge in [-0.15, -0.1) is 0 Å². The molecule has 86 valence electrons. The molecule has 2 aromatic rings. The number of para-hydroxylation sites is 1. The van der Waals surface area contributed by atoms with Gasteiger partial charge < -0.3 is 4.74 Å². The molecule has 3 heteroatoms. The summed E-state index contributed by atoms with van der Waals surface area (Å²) in [5.74, 6) is 1.10. The Bertz CT molecular complexity index is 588. The van der Waals surface area contributed by atoms with Crippen molar-refractivity contribution < 1.29 is 9.53 Å². The Morgan fingerprint density at radius 1 is 1.35 bits per heavy atom. The highest BCUT2D eigenvalue weighted by Gasteiger charge is 2.30. The van der Waals surface area contributed by atoms with E-state index in [2.05, 4.69) is 4.98 Å². The number of carbonyl (C=O) groups excluding carboxylic acids is 1. The van der Waals surface area contributed by atoms with Crippen molar-refractivity contribution in [2.45, 2.75) is 18.8 Å². The topological polar surface area (TPSA) is 39.2 Å². The Hall–Kier alpha value is -1.90. The van der Waals surface area contributed by atoms with E-state index >= 15 is 0 Å². The molecule has 0 N–H and O–H groups in total. The van der Waals surface area contributed by atoms with Gasteiger partial charge in [-0.1, -0.05) is 12.1 Å². The van der Waals surface area contributed by atoms with Gasteiger partial charge in [-0.3, -0.25) is 9.78 Å². The second kappa shape index (κ2) is 3.84. The number of carbonyl (C=O) groups is 1. The second-order valence-corrected chi connectivity index (χ2v) is 4.35. The third-order valence-corrected chi connectivity index (χ3v) is 3.20. The maximum atomic E-state index is 11.3. The van der Waals surface area contributed by atoms with E-state index < -0.39 is 0 Å². The van der Waals surface area contributed by atoms with Gasteiger partial charge in [-0.25, -0.2) is 0 Å². The van der Waals surface area contributed by atoms with Crippen LogP contribution in [-0.2, 0) is 0 Å². The molecular formula is C14H13NO2. The minimum Gasteiger partial charge on any atom is -0.495 e. The molecule has 1 aromatic carbocycles. The zero-order chi connectivity index (χ0) is 11.8. The lowest BCUT2D eigenvalue weighted by Crippen LogP contribution is -2.01. The summed E-state index contributed by atoms with van der Waals surface area (Å²) >= 11 is 0. The van der Waals surface area contributed by atoms with Crippen molar-refractivity contribution in [1.82, 2.24) is 4.98 Å². The zero-order valence-electron chi connectivity index (χ0n) is 9.64. The number of aromatic nitrogens is 1. The quantitative estimate of drug-likeness (QED) is 0.757. The normalized spacial score (nSPS) is 14.9. The van der Waals surface area contributed by atoms with Crippen LogP contribution in [0.15, 0.2) is 24.3 Å². The lowest BCUT2D eigenvalue weighted by Gasteiger charge is -2.11. The van der Waals surface area contributed by atoms with Crippen LogP contribution in [0.25, 0.3) is 10.9 Å². The molecule has 1 aliphatic rings. The molecule has 1 aliphatic carbocycles. The first kappa shape index (κ1) is 10.3. The van der Waals surface area contributed by atoms with Gasteiger partial charge in [0.25, 0.3) is 0 Å². The van der Waals surface area contributed by atoms with E-state index in [-0.39, 0.29) is 0 Å². The van der Waals surface area contributed by atoms with Crippen LogP contribution in [0.3, 0.4) is 0 Å². The van der Waals surface area contributed by atoms with Gasteiger partial charge in [0.05, 0.1) is 23.9 Å². The van der Waals surface area contributed by atoms with Gasteiger partial charge in [0.2, 0.25) is 0 Å². The summed E-state index contributed by atoms with van der Waals surface area (Å²) in [6.45, 7) is 0. The summed E-state index contributed by atoms with van der Waals surface area (Å²) in [6, 6.07) is 7.77. The van der Waals surface area contributed by atoms with Gasteiger partial charge in [-0.2, -0.15) is 0 Å². The smallest absolute Gasteiger partial charge is 0.155 e. The first-order valence-electron chi connectivity index (χ1n) is 5.77. The molecule has 1 saturated carbocycles. The summed E-state index contributed by atoms with van der Waals surface area (Å²) in [6.07, 6.45) is 3.11. The summed E-state index contributed by atoms with van der Waals surface area (Å²) in [5, 5.41) is 0.904. The molecule has 1 aromatic heterocycles. The van der Waals surface area contributed by atoms with Gasteiger partial charge in [0.15, 0.2) is 6.29 Å². The third-order valence-electron chi connectivity index (χ3n) is 3.20. The van der Waals surface area contributed by atoms with Crippen LogP contribution in [0, 0.1) is 0 Å². The predicted molar refractivity (Wildman–Crippen MR) is 65.7 cm³/mol. The van der Waals surface area contributed by atoms with Crippen molar-refractivity contribution in [1.29, 1.82) is 0 Å². The number of fused-ring (bicyclic) bond motifs is 1. The Morgan fingerprint density at radius 3 is 2.76 bits per heavy atom. The predicted octanol–water partition coefficient (Wildman–Crippen LogP) is 2.93. The SMILES string of the molecule is COc1c(C=O)c(C2CC2)nc2ccccc12. The molecule has 3 nitrogen and oxygen atoms in total. The van der Waals surface area contributed by atoms with Crippen LogP contribution in [0.4, 0.5) is 0 Å². The fourth-order valence-electron chi connectivity index (χ4n) is 2.22. The molecular weight excluding hydrogens is 214 g/mol. The van der Waals surface area contributed by atoms with Crippen LogP contribution in [-0.4, -0.2) is 18.4 Å². The first-order valence-corrected chi connectivity index (χ1v) is 5.77. The summed E-state index contributed by atoms with van der Waals surface area (Å²) in [5.41, 5.74) is 2.42. The van der Waals surface area contributed by atoms with Crippen LogP contribution in [0.1, 0.15) is 34.8 Å². The van der Waals surface area contributed by atoms with Crippen molar-refractivity contribution in [3.05, 3.63) is 35.5 Å². The molecule has 17 heavy (non-hydrogen) atoms.